The Balaban J connectivity index is 2.36. The van der Waals surface area contributed by atoms with Gasteiger partial charge in [0.15, 0.2) is 0 Å². The van der Waals surface area contributed by atoms with E-state index >= 15 is 0 Å². The smallest absolute Gasteiger partial charge is 0.339 e. The maximum atomic E-state index is 11.2. The summed E-state index contributed by atoms with van der Waals surface area (Å²) in [5.74, 6) is 0.0508. The van der Waals surface area contributed by atoms with E-state index in [1.807, 2.05) is 31.2 Å². The third kappa shape index (κ3) is 3.13. The predicted molar refractivity (Wildman–Crippen MR) is 74.0 cm³/mol. The van der Waals surface area contributed by atoms with Gasteiger partial charge in [0.25, 0.3) is 0 Å². The van der Waals surface area contributed by atoms with Gasteiger partial charge in [-0.3, -0.25) is 0 Å². The molecule has 2 rings (SSSR count). The van der Waals surface area contributed by atoms with E-state index in [0.717, 1.165) is 17.5 Å². The molecular weight excluding hydrogens is 240 g/mol. The lowest BCUT2D eigenvalue weighted by molar-refractivity contribution is 0.0694. The van der Waals surface area contributed by atoms with Gasteiger partial charge in [0.1, 0.15) is 17.1 Å². The van der Waals surface area contributed by atoms with Crippen molar-refractivity contribution in [3.8, 4) is 11.5 Å². The van der Waals surface area contributed by atoms with E-state index in [9.17, 15) is 4.79 Å². The monoisotopic (exact) mass is 256 g/mol. The van der Waals surface area contributed by atoms with E-state index in [2.05, 4.69) is 6.92 Å². The van der Waals surface area contributed by atoms with Gasteiger partial charge < -0.3 is 9.84 Å². The molecule has 19 heavy (non-hydrogen) atoms. The molecule has 0 amide bonds. The summed E-state index contributed by atoms with van der Waals surface area (Å²) in [6.07, 6.45) is 0.913. The Labute approximate surface area is 112 Å². The molecule has 0 aromatic heterocycles. The van der Waals surface area contributed by atoms with Crippen LogP contribution >= 0.6 is 0 Å². The highest BCUT2D eigenvalue weighted by Crippen LogP contribution is 2.27. The third-order valence-electron chi connectivity index (χ3n) is 2.90. The first-order valence-corrected chi connectivity index (χ1v) is 6.21. The summed E-state index contributed by atoms with van der Waals surface area (Å²) in [5.41, 5.74) is 2.29. The molecule has 0 fully saturated rings. The Kier molecular flexibility index (Phi) is 3.85. The van der Waals surface area contributed by atoms with Crippen LogP contribution in [0.3, 0.4) is 0 Å². The molecule has 2 aromatic rings. The third-order valence-corrected chi connectivity index (χ3v) is 2.90. The van der Waals surface area contributed by atoms with Crippen molar-refractivity contribution in [1.82, 2.24) is 0 Å². The van der Waals surface area contributed by atoms with Gasteiger partial charge in [0.2, 0.25) is 0 Å². The molecule has 0 heterocycles. The average molecular weight is 256 g/mol. The van der Waals surface area contributed by atoms with Crippen LogP contribution in [-0.2, 0) is 6.42 Å². The van der Waals surface area contributed by atoms with E-state index in [4.69, 9.17) is 9.84 Å². The SMILES string of the molecule is CCc1cccc(Oc2cc(C)ccc2C(=O)O)c1. The van der Waals surface area contributed by atoms with Crippen LogP contribution in [0.2, 0.25) is 0 Å². The first-order chi connectivity index (χ1) is 9.10. The van der Waals surface area contributed by atoms with Crippen LogP contribution in [0.5, 0.6) is 11.5 Å². The second kappa shape index (κ2) is 5.57. The van der Waals surface area contributed by atoms with Crippen molar-refractivity contribution in [1.29, 1.82) is 0 Å². The first-order valence-electron chi connectivity index (χ1n) is 6.21. The number of hydrogen-bond donors (Lipinski definition) is 1. The van der Waals surface area contributed by atoms with Gasteiger partial charge in [-0.25, -0.2) is 4.79 Å². The number of aryl methyl sites for hydroxylation is 2. The molecular formula is C16H16O3. The summed E-state index contributed by atoms with van der Waals surface area (Å²) in [6.45, 7) is 3.97. The van der Waals surface area contributed by atoms with Gasteiger partial charge in [-0.1, -0.05) is 25.1 Å². The normalized spacial score (nSPS) is 10.2. The lowest BCUT2D eigenvalue weighted by Gasteiger charge is -2.10. The Morgan fingerprint density at radius 3 is 2.68 bits per heavy atom. The minimum atomic E-state index is -0.985. The fraction of sp³-hybridized carbons (Fsp3) is 0.188. The lowest BCUT2D eigenvalue weighted by atomic mass is 10.1. The van der Waals surface area contributed by atoms with Gasteiger partial charge in [0, 0.05) is 0 Å². The maximum absolute atomic E-state index is 11.2. The van der Waals surface area contributed by atoms with E-state index in [0.29, 0.717) is 11.5 Å². The lowest BCUT2D eigenvalue weighted by Crippen LogP contribution is -2.00. The van der Waals surface area contributed by atoms with Gasteiger partial charge in [0.05, 0.1) is 0 Å². The van der Waals surface area contributed by atoms with Crippen LogP contribution in [-0.4, -0.2) is 11.1 Å². The molecule has 0 spiro atoms. The Hall–Kier alpha value is -2.29. The summed E-state index contributed by atoms with van der Waals surface area (Å²) in [7, 11) is 0. The number of benzene rings is 2. The van der Waals surface area contributed by atoms with Gasteiger partial charge in [-0.2, -0.15) is 0 Å². The molecule has 3 heteroatoms. The number of hydrogen-bond acceptors (Lipinski definition) is 2. The van der Waals surface area contributed by atoms with Crippen molar-refractivity contribution >= 4 is 5.97 Å². The van der Waals surface area contributed by atoms with Crippen molar-refractivity contribution in [2.75, 3.05) is 0 Å². The molecule has 1 N–H and O–H groups in total. The van der Waals surface area contributed by atoms with Gasteiger partial charge in [-0.15, -0.1) is 0 Å². The molecule has 98 valence electrons. The van der Waals surface area contributed by atoms with Crippen molar-refractivity contribution in [2.24, 2.45) is 0 Å². The molecule has 0 aliphatic heterocycles. The first kappa shape index (κ1) is 13.1. The largest absolute Gasteiger partial charge is 0.478 e. The van der Waals surface area contributed by atoms with Crippen LogP contribution in [0.25, 0.3) is 0 Å². The van der Waals surface area contributed by atoms with Crippen LogP contribution in [0.1, 0.15) is 28.4 Å². The second-order valence-corrected chi connectivity index (χ2v) is 4.41. The molecule has 3 nitrogen and oxygen atoms in total. The molecule has 2 aromatic carbocycles. The second-order valence-electron chi connectivity index (χ2n) is 4.41. The molecule has 0 unspecified atom stereocenters. The van der Waals surface area contributed by atoms with E-state index in [1.54, 1.807) is 18.2 Å². The summed E-state index contributed by atoms with van der Waals surface area (Å²) in [6, 6.07) is 12.7. The number of carboxylic acids is 1. The van der Waals surface area contributed by atoms with Crippen molar-refractivity contribution in [2.45, 2.75) is 20.3 Å². The standard InChI is InChI=1S/C16H16O3/c1-3-12-5-4-6-13(10-12)19-15-9-11(2)7-8-14(15)16(17)18/h4-10H,3H2,1-2H3,(H,17,18). The Morgan fingerprint density at radius 1 is 1.21 bits per heavy atom. The summed E-state index contributed by atoms with van der Waals surface area (Å²) in [4.78, 5) is 11.2. The van der Waals surface area contributed by atoms with Crippen LogP contribution in [0.15, 0.2) is 42.5 Å². The zero-order valence-corrected chi connectivity index (χ0v) is 11.0. The minimum absolute atomic E-state index is 0.174. The van der Waals surface area contributed by atoms with E-state index < -0.39 is 5.97 Å². The molecule has 0 aliphatic rings. The highest BCUT2D eigenvalue weighted by molar-refractivity contribution is 5.91. The highest BCUT2D eigenvalue weighted by Gasteiger charge is 2.12. The quantitative estimate of drug-likeness (QED) is 0.897. The number of carbonyl (C=O) groups is 1. The van der Waals surface area contributed by atoms with Crippen LogP contribution < -0.4 is 4.74 Å². The van der Waals surface area contributed by atoms with E-state index in [1.165, 1.54) is 0 Å². The zero-order valence-electron chi connectivity index (χ0n) is 11.0. The molecule has 0 radical (unpaired) electrons. The number of ether oxygens (including phenoxy) is 1. The van der Waals surface area contributed by atoms with Crippen molar-refractivity contribution in [3.05, 3.63) is 59.2 Å². The maximum Gasteiger partial charge on any atom is 0.339 e. The minimum Gasteiger partial charge on any atom is -0.478 e. The molecule has 0 bridgehead atoms. The number of aromatic carboxylic acids is 1. The molecule has 0 saturated heterocycles. The Morgan fingerprint density at radius 2 is 2.00 bits per heavy atom. The topological polar surface area (TPSA) is 46.5 Å². The molecule has 0 saturated carbocycles. The predicted octanol–water partition coefficient (Wildman–Crippen LogP) is 4.05. The number of carboxylic acid groups (broad SMARTS) is 1. The average Bonchev–Trinajstić information content (AvgIpc) is 2.38. The van der Waals surface area contributed by atoms with Crippen LogP contribution in [0, 0.1) is 6.92 Å². The summed E-state index contributed by atoms with van der Waals surface area (Å²) in [5, 5.41) is 9.16. The molecule has 0 atom stereocenters. The fourth-order valence-corrected chi connectivity index (χ4v) is 1.85. The Bertz CT molecular complexity index is 603. The number of rotatable bonds is 4. The fourth-order valence-electron chi connectivity index (χ4n) is 1.85. The van der Waals surface area contributed by atoms with Gasteiger partial charge >= 0.3 is 5.97 Å². The van der Waals surface area contributed by atoms with Crippen LogP contribution in [0.4, 0.5) is 0 Å². The van der Waals surface area contributed by atoms with Crippen molar-refractivity contribution < 1.29 is 14.6 Å². The van der Waals surface area contributed by atoms with E-state index in [-0.39, 0.29) is 5.56 Å². The summed E-state index contributed by atoms with van der Waals surface area (Å²) >= 11 is 0. The highest BCUT2D eigenvalue weighted by atomic mass is 16.5. The molecule has 0 aliphatic carbocycles. The zero-order chi connectivity index (χ0) is 13.8. The van der Waals surface area contributed by atoms with Crippen molar-refractivity contribution in [3.63, 3.8) is 0 Å². The van der Waals surface area contributed by atoms with Gasteiger partial charge in [-0.05, 0) is 48.7 Å². The summed E-state index contributed by atoms with van der Waals surface area (Å²) < 4.78 is 5.71.